The van der Waals surface area contributed by atoms with Crippen molar-refractivity contribution in [3.05, 3.63) is 88.1 Å². The first-order valence-corrected chi connectivity index (χ1v) is 10.6. The first-order valence-electron chi connectivity index (χ1n) is 10.6. The highest BCUT2D eigenvalue weighted by Gasteiger charge is 2.36. The highest BCUT2D eigenvalue weighted by molar-refractivity contribution is 5.89. The Morgan fingerprint density at radius 1 is 1.00 bits per heavy atom. The fourth-order valence-corrected chi connectivity index (χ4v) is 4.96. The number of carbonyl (C=O) groups is 1. The number of aryl methyl sites for hydroxylation is 1. The minimum absolute atomic E-state index is 0.0409. The Bertz CT molecular complexity index is 1220. The molecule has 0 unspecified atom stereocenters. The van der Waals surface area contributed by atoms with Crippen molar-refractivity contribution >= 4 is 11.7 Å². The van der Waals surface area contributed by atoms with Crippen molar-refractivity contribution in [3.63, 3.8) is 0 Å². The van der Waals surface area contributed by atoms with E-state index in [0.29, 0.717) is 25.3 Å². The number of nitrogens with zero attached hydrogens (tertiary/aromatic N) is 2. The molecule has 0 radical (unpaired) electrons. The van der Waals surface area contributed by atoms with Gasteiger partial charge >= 0.3 is 6.03 Å². The molecule has 2 atom stereocenters. The van der Waals surface area contributed by atoms with E-state index in [1.165, 1.54) is 12.1 Å². The summed E-state index contributed by atoms with van der Waals surface area (Å²) in [6.45, 7) is 3.75. The van der Waals surface area contributed by atoms with Crippen LogP contribution in [0.5, 0.6) is 0 Å². The smallest absolute Gasteiger partial charge is 0.321 e. The lowest BCUT2D eigenvalue weighted by Crippen LogP contribution is -2.50. The number of anilines is 1. The number of nitrogens with one attached hydrogen (secondary N) is 1. The molecule has 0 spiro atoms. The number of rotatable bonds is 2. The van der Waals surface area contributed by atoms with Crippen LogP contribution in [-0.4, -0.2) is 28.6 Å². The predicted octanol–water partition coefficient (Wildman–Crippen LogP) is 4.61. The summed E-state index contributed by atoms with van der Waals surface area (Å²) < 4.78 is 15.3. The number of fused-ring (bicyclic) bond motifs is 4. The fourth-order valence-electron chi connectivity index (χ4n) is 4.96. The van der Waals surface area contributed by atoms with E-state index >= 15 is 0 Å². The van der Waals surface area contributed by atoms with E-state index in [9.17, 15) is 14.0 Å². The topological polar surface area (TPSA) is 54.3 Å². The number of halogens is 1. The van der Waals surface area contributed by atoms with E-state index in [0.717, 1.165) is 28.8 Å². The van der Waals surface area contributed by atoms with Gasteiger partial charge in [0.2, 0.25) is 0 Å². The lowest BCUT2D eigenvalue weighted by Gasteiger charge is -2.42. The molecule has 2 aromatic carbocycles. The van der Waals surface area contributed by atoms with E-state index in [1.54, 1.807) is 17.0 Å². The van der Waals surface area contributed by atoms with E-state index in [-0.39, 0.29) is 29.2 Å². The zero-order chi connectivity index (χ0) is 21.5. The largest absolute Gasteiger partial charge is 0.324 e. The molecule has 1 aromatic heterocycles. The van der Waals surface area contributed by atoms with Gasteiger partial charge in [0.25, 0.3) is 5.56 Å². The number of amides is 2. The second-order valence-electron chi connectivity index (χ2n) is 8.55. The van der Waals surface area contributed by atoms with Crippen LogP contribution < -0.4 is 10.9 Å². The van der Waals surface area contributed by atoms with Gasteiger partial charge in [-0.25, -0.2) is 9.18 Å². The van der Waals surface area contributed by atoms with Crippen LogP contribution in [0, 0.1) is 18.7 Å². The third-order valence-electron chi connectivity index (χ3n) is 6.40. The van der Waals surface area contributed by atoms with Crippen molar-refractivity contribution in [2.75, 3.05) is 18.4 Å². The van der Waals surface area contributed by atoms with Crippen LogP contribution in [-0.2, 0) is 6.54 Å². The Hall–Kier alpha value is -3.41. The van der Waals surface area contributed by atoms with Crippen molar-refractivity contribution in [2.45, 2.75) is 25.8 Å². The van der Waals surface area contributed by atoms with Gasteiger partial charge in [0.05, 0.1) is 0 Å². The van der Waals surface area contributed by atoms with Gasteiger partial charge in [-0.3, -0.25) is 4.79 Å². The summed E-state index contributed by atoms with van der Waals surface area (Å²) in [5.41, 5.74) is 4.25. The summed E-state index contributed by atoms with van der Waals surface area (Å²) >= 11 is 0. The number of hydrogen-bond acceptors (Lipinski definition) is 2. The van der Waals surface area contributed by atoms with Gasteiger partial charge in [0, 0.05) is 42.5 Å². The SMILES string of the molecule is Cc1ccccc1-c1ccc2n(c1=O)C[C@H]1C[C@@H]2CN(C(=O)Nc2cccc(F)c2)C1. The molecule has 0 saturated carbocycles. The highest BCUT2D eigenvalue weighted by atomic mass is 19.1. The molecule has 5 nitrogen and oxygen atoms in total. The van der Waals surface area contributed by atoms with E-state index in [4.69, 9.17) is 0 Å². The summed E-state index contributed by atoms with van der Waals surface area (Å²) in [7, 11) is 0. The molecule has 2 bridgehead atoms. The third kappa shape index (κ3) is 3.63. The molecule has 3 aromatic rings. The van der Waals surface area contributed by atoms with Crippen LogP contribution in [0.2, 0.25) is 0 Å². The maximum Gasteiger partial charge on any atom is 0.321 e. The van der Waals surface area contributed by atoms with Gasteiger partial charge in [-0.15, -0.1) is 0 Å². The normalized spacial score (nSPS) is 19.6. The van der Waals surface area contributed by atoms with Crippen LogP contribution >= 0.6 is 0 Å². The van der Waals surface area contributed by atoms with Gasteiger partial charge in [0.1, 0.15) is 5.82 Å². The van der Waals surface area contributed by atoms with Crippen molar-refractivity contribution in [2.24, 2.45) is 5.92 Å². The molecule has 2 aliphatic heterocycles. The lowest BCUT2D eigenvalue weighted by molar-refractivity contribution is 0.139. The van der Waals surface area contributed by atoms with Crippen molar-refractivity contribution < 1.29 is 9.18 Å². The van der Waals surface area contributed by atoms with E-state index < -0.39 is 0 Å². The van der Waals surface area contributed by atoms with E-state index in [2.05, 4.69) is 5.32 Å². The minimum Gasteiger partial charge on any atom is -0.324 e. The van der Waals surface area contributed by atoms with Gasteiger partial charge in [-0.2, -0.15) is 0 Å². The second kappa shape index (κ2) is 7.69. The summed E-state index contributed by atoms with van der Waals surface area (Å²) in [4.78, 5) is 27.9. The first-order chi connectivity index (χ1) is 15.0. The molecule has 2 amide bonds. The number of piperidine rings is 1. The quantitative estimate of drug-likeness (QED) is 0.662. The number of hydrogen-bond donors (Lipinski definition) is 1. The summed E-state index contributed by atoms with van der Waals surface area (Å²) in [5.74, 6) is -0.0511. The number of carbonyl (C=O) groups excluding carboxylic acids is 1. The number of aromatic nitrogens is 1. The molecular weight excluding hydrogens is 393 g/mol. The molecule has 158 valence electrons. The molecule has 1 saturated heterocycles. The Morgan fingerprint density at radius 2 is 1.84 bits per heavy atom. The van der Waals surface area contributed by atoms with Crippen LogP contribution in [0.1, 0.15) is 23.6 Å². The molecule has 2 aliphatic rings. The van der Waals surface area contributed by atoms with Gasteiger partial charge < -0.3 is 14.8 Å². The number of urea groups is 1. The maximum atomic E-state index is 13.4. The summed E-state index contributed by atoms with van der Waals surface area (Å²) in [5, 5.41) is 2.79. The number of pyridine rings is 1. The fraction of sp³-hybridized carbons (Fsp3) is 0.280. The molecular formula is C25H24FN3O2. The molecule has 6 heteroatoms. The summed E-state index contributed by atoms with van der Waals surface area (Å²) in [6.07, 6.45) is 0.965. The van der Waals surface area contributed by atoms with Crippen LogP contribution in [0.25, 0.3) is 11.1 Å². The number of benzene rings is 2. The molecule has 3 heterocycles. The van der Waals surface area contributed by atoms with E-state index in [1.807, 2.05) is 47.9 Å². The maximum absolute atomic E-state index is 13.4. The van der Waals surface area contributed by atoms with Crippen LogP contribution in [0.3, 0.4) is 0 Å². The van der Waals surface area contributed by atoms with Crippen LogP contribution in [0.4, 0.5) is 14.9 Å². The predicted molar refractivity (Wildman–Crippen MR) is 119 cm³/mol. The summed E-state index contributed by atoms with van der Waals surface area (Å²) in [6, 6.07) is 17.6. The van der Waals surface area contributed by atoms with Gasteiger partial charge in [-0.1, -0.05) is 30.3 Å². The second-order valence-corrected chi connectivity index (χ2v) is 8.55. The average molecular weight is 417 g/mol. The highest BCUT2D eigenvalue weighted by Crippen LogP contribution is 2.36. The standard InChI is InChI=1S/C25H24FN3O2/c1-16-5-2-3-8-21(16)22-9-10-23-18-11-17(14-29(23)24(22)30)13-28(15-18)25(31)27-20-7-4-6-19(26)12-20/h2-10,12,17-18H,11,13-15H2,1H3,(H,27,31)/t17-,18+/m0/s1. The van der Waals surface area contributed by atoms with Crippen molar-refractivity contribution in [1.82, 2.24) is 9.47 Å². The third-order valence-corrected chi connectivity index (χ3v) is 6.40. The molecule has 0 aliphatic carbocycles. The molecule has 5 rings (SSSR count). The Balaban J connectivity index is 1.41. The Kier molecular flexibility index (Phi) is 4.85. The van der Waals surface area contributed by atoms with Crippen molar-refractivity contribution in [1.29, 1.82) is 0 Å². The zero-order valence-electron chi connectivity index (χ0n) is 17.3. The minimum atomic E-state index is -0.383. The first kappa shape index (κ1) is 19.5. The molecule has 1 N–H and O–H groups in total. The van der Waals surface area contributed by atoms with Crippen molar-refractivity contribution in [3.8, 4) is 11.1 Å². The molecule has 1 fully saturated rings. The zero-order valence-corrected chi connectivity index (χ0v) is 17.3. The van der Waals surface area contributed by atoms with Crippen LogP contribution in [0.15, 0.2) is 65.5 Å². The Labute approximate surface area is 180 Å². The number of likely N-dealkylation sites (tertiary alicyclic amines) is 1. The van der Waals surface area contributed by atoms with Gasteiger partial charge in [-0.05, 0) is 60.7 Å². The average Bonchev–Trinajstić information content (AvgIpc) is 2.75. The molecule has 31 heavy (non-hydrogen) atoms. The monoisotopic (exact) mass is 417 g/mol. The lowest BCUT2D eigenvalue weighted by atomic mass is 9.83. The van der Waals surface area contributed by atoms with Gasteiger partial charge in [0.15, 0.2) is 0 Å². The Morgan fingerprint density at radius 3 is 2.65 bits per heavy atom.